The Balaban J connectivity index is 2.38. The lowest BCUT2D eigenvalue weighted by Gasteiger charge is -2.23. The van der Waals surface area contributed by atoms with Crippen molar-refractivity contribution in [3.8, 4) is 11.5 Å². The lowest BCUT2D eigenvalue weighted by atomic mass is 9.85. The van der Waals surface area contributed by atoms with Crippen molar-refractivity contribution < 1.29 is 4.74 Å². The Morgan fingerprint density at radius 1 is 1.10 bits per heavy atom. The minimum absolute atomic E-state index is 0.0419. The standard InChI is InChI=1S/C17H22N2O/c1-12-6-7-15(14(10-12)17(2,3)4)20-13-8-9-19-16(11-13)18-5/h6-11H,1-5H3,(H,18,19). The highest BCUT2D eigenvalue weighted by molar-refractivity contribution is 5.46. The predicted molar refractivity (Wildman–Crippen MR) is 83.7 cm³/mol. The van der Waals surface area contributed by atoms with Crippen LogP contribution in [0.3, 0.4) is 0 Å². The van der Waals surface area contributed by atoms with Gasteiger partial charge in [-0.2, -0.15) is 0 Å². The van der Waals surface area contributed by atoms with Gasteiger partial charge in [0.2, 0.25) is 0 Å². The summed E-state index contributed by atoms with van der Waals surface area (Å²) in [5.74, 6) is 2.49. The van der Waals surface area contributed by atoms with Gasteiger partial charge in [0.25, 0.3) is 0 Å². The van der Waals surface area contributed by atoms with Gasteiger partial charge in [-0.3, -0.25) is 0 Å². The van der Waals surface area contributed by atoms with Crippen LogP contribution in [0, 0.1) is 6.92 Å². The average molecular weight is 270 g/mol. The summed E-state index contributed by atoms with van der Waals surface area (Å²) < 4.78 is 6.05. The number of pyridine rings is 1. The zero-order chi connectivity index (χ0) is 14.8. The number of aryl methyl sites for hydroxylation is 1. The molecule has 0 amide bonds. The van der Waals surface area contributed by atoms with Crippen molar-refractivity contribution in [1.29, 1.82) is 0 Å². The van der Waals surface area contributed by atoms with Crippen LogP contribution >= 0.6 is 0 Å². The van der Waals surface area contributed by atoms with E-state index in [0.717, 1.165) is 17.3 Å². The molecule has 20 heavy (non-hydrogen) atoms. The van der Waals surface area contributed by atoms with E-state index in [4.69, 9.17) is 4.74 Å². The summed E-state index contributed by atoms with van der Waals surface area (Å²) in [6, 6.07) is 10.1. The fraction of sp³-hybridized carbons (Fsp3) is 0.353. The predicted octanol–water partition coefficient (Wildman–Crippen LogP) is 4.52. The van der Waals surface area contributed by atoms with Crippen molar-refractivity contribution in [3.63, 3.8) is 0 Å². The quantitative estimate of drug-likeness (QED) is 0.890. The first-order valence-corrected chi connectivity index (χ1v) is 6.83. The van der Waals surface area contributed by atoms with Gasteiger partial charge >= 0.3 is 0 Å². The first-order valence-electron chi connectivity index (χ1n) is 6.83. The molecule has 3 nitrogen and oxygen atoms in total. The third kappa shape index (κ3) is 3.29. The van der Waals surface area contributed by atoms with Crippen LogP contribution in [0.5, 0.6) is 11.5 Å². The van der Waals surface area contributed by atoms with Crippen LogP contribution < -0.4 is 10.1 Å². The SMILES string of the molecule is CNc1cc(Oc2ccc(C)cc2C(C)(C)C)ccn1. The van der Waals surface area contributed by atoms with Crippen LogP contribution in [0.25, 0.3) is 0 Å². The van der Waals surface area contributed by atoms with Crippen LogP contribution in [-0.4, -0.2) is 12.0 Å². The number of anilines is 1. The molecule has 0 aliphatic rings. The minimum Gasteiger partial charge on any atom is -0.457 e. The van der Waals surface area contributed by atoms with Crippen LogP contribution in [0.4, 0.5) is 5.82 Å². The van der Waals surface area contributed by atoms with E-state index in [-0.39, 0.29) is 5.41 Å². The third-order valence-electron chi connectivity index (χ3n) is 3.16. The topological polar surface area (TPSA) is 34.1 Å². The van der Waals surface area contributed by atoms with Crippen molar-refractivity contribution in [2.24, 2.45) is 0 Å². The summed E-state index contributed by atoms with van der Waals surface area (Å²) >= 11 is 0. The Labute approximate surface area is 121 Å². The Kier molecular flexibility index (Phi) is 3.98. The van der Waals surface area contributed by atoms with Gasteiger partial charge in [-0.25, -0.2) is 4.98 Å². The maximum atomic E-state index is 6.05. The number of nitrogens with zero attached hydrogens (tertiary/aromatic N) is 1. The summed E-state index contributed by atoms with van der Waals surface area (Å²) in [4.78, 5) is 4.19. The van der Waals surface area contributed by atoms with E-state index in [9.17, 15) is 0 Å². The molecule has 0 aliphatic carbocycles. The van der Waals surface area contributed by atoms with Crippen LogP contribution in [0.15, 0.2) is 36.5 Å². The van der Waals surface area contributed by atoms with E-state index in [1.165, 1.54) is 11.1 Å². The molecule has 3 heteroatoms. The summed E-state index contributed by atoms with van der Waals surface area (Å²) in [7, 11) is 1.85. The van der Waals surface area contributed by atoms with Crippen molar-refractivity contribution in [1.82, 2.24) is 4.98 Å². The molecule has 0 bridgehead atoms. The second-order valence-corrected chi connectivity index (χ2v) is 5.98. The fourth-order valence-corrected chi connectivity index (χ4v) is 2.06. The zero-order valence-corrected chi connectivity index (χ0v) is 12.8. The molecule has 1 aromatic carbocycles. The number of aromatic nitrogens is 1. The second-order valence-electron chi connectivity index (χ2n) is 5.98. The molecule has 106 valence electrons. The summed E-state index contributed by atoms with van der Waals surface area (Å²) in [6.07, 6.45) is 1.74. The fourth-order valence-electron chi connectivity index (χ4n) is 2.06. The zero-order valence-electron chi connectivity index (χ0n) is 12.8. The number of hydrogen-bond acceptors (Lipinski definition) is 3. The Hall–Kier alpha value is -2.03. The normalized spacial score (nSPS) is 11.2. The molecule has 0 spiro atoms. The van der Waals surface area contributed by atoms with Gasteiger partial charge < -0.3 is 10.1 Å². The molecule has 0 saturated heterocycles. The Morgan fingerprint density at radius 2 is 1.85 bits per heavy atom. The lowest BCUT2D eigenvalue weighted by molar-refractivity contribution is 0.455. The maximum absolute atomic E-state index is 6.05. The first-order chi connectivity index (χ1) is 9.40. The smallest absolute Gasteiger partial charge is 0.132 e. The lowest BCUT2D eigenvalue weighted by Crippen LogP contribution is -2.12. The van der Waals surface area contributed by atoms with E-state index < -0.39 is 0 Å². The van der Waals surface area contributed by atoms with Gasteiger partial charge in [-0.05, 0) is 24.5 Å². The van der Waals surface area contributed by atoms with E-state index in [1.54, 1.807) is 6.20 Å². The average Bonchev–Trinajstić information content (AvgIpc) is 2.40. The van der Waals surface area contributed by atoms with E-state index in [1.807, 2.05) is 25.2 Å². The molecular formula is C17H22N2O. The first kappa shape index (κ1) is 14.4. The van der Waals surface area contributed by atoms with Gasteiger partial charge in [0.05, 0.1) is 0 Å². The van der Waals surface area contributed by atoms with Gasteiger partial charge in [0, 0.05) is 24.9 Å². The highest BCUT2D eigenvalue weighted by atomic mass is 16.5. The molecule has 0 atom stereocenters. The number of ether oxygens (including phenoxy) is 1. The molecule has 0 unspecified atom stereocenters. The molecule has 2 rings (SSSR count). The van der Waals surface area contributed by atoms with Gasteiger partial charge in [0.15, 0.2) is 0 Å². The van der Waals surface area contributed by atoms with Crippen molar-refractivity contribution in [3.05, 3.63) is 47.7 Å². The van der Waals surface area contributed by atoms with Gasteiger partial charge in [0.1, 0.15) is 17.3 Å². The number of benzene rings is 1. The monoisotopic (exact) mass is 270 g/mol. The Bertz CT molecular complexity index is 600. The molecule has 0 fully saturated rings. The van der Waals surface area contributed by atoms with Crippen LogP contribution in [0.2, 0.25) is 0 Å². The third-order valence-corrected chi connectivity index (χ3v) is 3.16. The van der Waals surface area contributed by atoms with Gasteiger partial charge in [-0.15, -0.1) is 0 Å². The van der Waals surface area contributed by atoms with E-state index >= 15 is 0 Å². The molecular weight excluding hydrogens is 248 g/mol. The van der Waals surface area contributed by atoms with E-state index in [2.05, 4.69) is 50.1 Å². The summed E-state index contributed by atoms with van der Waals surface area (Å²) in [5.41, 5.74) is 2.49. The molecule has 2 aromatic rings. The molecule has 1 heterocycles. The highest BCUT2D eigenvalue weighted by Gasteiger charge is 2.19. The van der Waals surface area contributed by atoms with Crippen molar-refractivity contribution in [2.45, 2.75) is 33.1 Å². The molecule has 0 radical (unpaired) electrons. The van der Waals surface area contributed by atoms with E-state index in [0.29, 0.717) is 0 Å². The molecule has 0 saturated carbocycles. The molecule has 1 N–H and O–H groups in total. The summed E-state index contributed by atoms with van der Waals surface area (Å²) in [5, 5.41) is 3.02. The molecule has 0 aliphatic heterocycles. The van der Waals surface area contributed by atoms with Crippen LogP contribution in [-0.2, 0) is 5.41 Å². The maximum Gasteiger partial charge on any atom is 0.132 e. The Morgan fingerprint density at radius 3 is 2.50 bits per heavy atom. The van der Waals surface area contributed by atoms with Crippen molar-refractivity contribution >= 4 is 5.82 Å². The summed E-state index contributed by atoms with van der Waals surface area (Å²) in [6.45, 7) is 8.69. The van der Waals surface area contributed by atoms with Crippen molar-refractivity contribution in [2.75, 3.05) is 12.4 Å². The second kappa shape index (κ2) is 5.53. The minimum atomic E-state index is 0.0419. The number of hydrogen-bond donors (Lipinski definition) is 1. The largest absolute Gasteiger partial charge is 0.457 e. The molecule has 1 aromatic heterocycles. The van der Waals surface area contributed by atoms with Gasteiger partial charge in [-0.1, -0.05) is 38.5 Å². The van der Waals surface area contributed by atoms with Crippen LogP contribution in [0.1, 0.15) is 31.9 Å². The highest BCUT2D eigenvalue weighted by Crippen LogP contribution is 2.35. The number of rotatable bonds is 3. The number of nitrogens with one attached hydrogen (secondary N) is 1.